The quantitative estimate of drug-likeness (QED) is 0.150. The molecule has 0 saturated carbocycles. The molecule has 6 nitrogen and oxygen atoms in total. The Bertz CT molecular complexity index is 519. The SMILES string of the molecule is C/C(=C\CCC(=O)OC[C@H](O)[C@@H](O)[C@H](O)CO)CCCC(C)CCCC(C)CCCC(C)C. The second-order valence-electron chi connectivity index (χ2n) is 10.4. The van der Waals surface area contributed by atoms with Crippen molar-refractivity contribution in [1.82, 2.24) is 0 Å². The molecule has 196 valence electrons. The van der Waals surface area contributed by atoms with Gasteiger partial charge in [-0.15, -0.1) is 0 Å². The van der Waals surface area contributed by atoms with Crippen LogP contribution >= 0.6 is 0 Å². The van der Waals surface area contributed by atoms with Gasteiger partial charge in [-0.2, -0.15) is 0 Å². The Morgan fingerprint density at radius 2 is 1.36 bits per heavy atom. The van der Waals surface area contributed by atoms with Crippen molar-refractivity contribution in [2.75, 3.05) is 13.2 Å². The molecule has 6 heteroatoms. The molecule has 0 aliphatic heterocycles. The smallest absolute Gasteiger partial charge is 0.306 e. The summed E-state index contributed by atoms with van der Waals surface area (Å²) >= 11 is 0. The Balaban J connectivity index is 3.86. The molecule has 33 heavy (non-hydrogen) atoms. The summed E-state index contributed by atoms with van der Waals surface area (Å²) in [4.78, 5) is 11.8. The molecule has 4 N–H and O–H groups in total. The third-order valence-electron chi connectivity index (χ3n) is 6.37. The first-order valence-corrected chi connectivity index (χ1v) is 13.0. The van der Waals surface area contributed by atoms with E-state index in [4.69, 9.17) is 9.84 Å². The molecular weight excluding hydrogens is 420 g/mol. The van der Waals surface area contributed by atoms with Crippen molar-refractivity contribution in [3.8, 4) is 0 Å². The fourth-order valence-corrected chi connectivity index (χ4v) is 3.96. The Morgan fingerprint density at radius 1 is 0.818 bits per heavy atom. The van der Waals surface area contributed by atoms with Crippen LogP contribution in [0.3, 0.4) is 0 Å². The number of hydrogen-bond donors (Lipinski definition) is 4. The minimum absolute atomic E-state index is 0.203. The maximum absolute atomic E-state index is 11.8. The summed E-state index contributed by atoms with van der Waals surface area (Å²) in [6.07, 6.45) is 9.87. The number of rotatable bonds is 20. The topological polar surface area (TPSA) is 107 Å². The van der Waals surface area contributed by atoms with Gasteiger partial charge in [0.25, 0.3) is 0 Å². The molecule has 0 saturated heterocycles. The third kappa shape index (κ3) is 18.1. The maximum Gasteiger partial charge on any atom is 0.306 e. The van der Waals surface area contributed by atoms with Crippen molar-refractivity contribution >= 4 is 5.97 Å². The lowest BCUT2D eigenvalue weighted by atomic mass is 9.91. The van der Waals surface area contributed by atoms with Gasteiger partial charge >= 0.3 is 5.97 Å². The minimum Gasteiger partial charge on any atom is -0.463 e. The fraction of sp³-hybridized carbons (Fsp3) is 0.889. The van der Waals surface area contributed by atoms with Crippen LogP contribution < -0.4 is 0 Å². The van der Waals surface area contributed by atoms with Gasteiger partial charge in [-0.25, -0.2) is 0 Å². The predicted molar refractivity (Wildman–Crippen MR) is 134 cm³/mol. The minimum atomic E-state index is -1.55. The van der Waals surface area contributed by atoms with Crippen molar-refractivity contribution in [2.24, 2.45) is 17.8 Å². The predicted octanol–water partition coefficient (Wildman–Crippen LogP) is 4.77. The summed E-state index contributed by atoms with van der Waals surface area (Å²) in [5.74, 6) is 1.95. The van der Waals surface area contributed by atoms with Crippen LogP contribution in [0.15, 0.2) is 11.6 Å². The number of aliphatic hydroxyl groups excluding tert-OH is 4. The average Bonchev–Trinajstić information content (AvgIpc) is 2.76. The van der Waals surface area contributed by atoms with E-state index < -0.39 is 37.5 Å². The molecular formula is C27H52O6. The lowest BCUT2D eigenvalue weighted by Crippen LogP contribution is -2.42. The van der Waals surface area contributed by atoms with E-state index in [1.54, 1.807) is 0 Å². The van der Waals surface area contributed by atoms with Crippen LogP contribution in [0.1, 0.15) is 105 Å². The summed E-state index contributed by atoms with van der Waals surface area (Å²) in [6, 6.07) is 0. The van der Waals surface area contributed by atoms with E-state index in [1.165, 1.54) is 50.5 Å². The number of allylic oxidation sites excluding steroid dienone is 2. The Morgan fingerprint density at radius 3 is 1.91 bits per heavy atom. The first-order chi connectivity index (χ1) is 15.6. The van der Waals surface area contributed by atoms with Gasteiger partial charge < -0.3 is 25.2 Å². The van der Waals surface area contributed by atoms with Crippen molar-refractivity contribution in [3.05, 3.63) is 11.6 Å². The zero-order chi connectivity index (χ0) is 25.2. The lowest BCUT2D eigenvalue weighted by Gasteiger charge is -2.21. The average molecular weight is 473 g/mol. The van der Waals surface area contributed by atoms with Crippen molar-refractivity contribution in [1.29, 1.82) is 0 Å². The first kappa shape index (κ1) is 32.0. The first-order valence-electron chi connectivity index (χ1n) is 13.0. The van der Waals surface area contributed by atoms with Crippen molar-refractivity contribution in [3.63, 3.8) is 0 Å². The Labute approximate surface area is 202 Å². The van der Waals surface area contributed by atoms with Gasteiger partial charge in [0.05, 0.1) is 6.61 Å². The zero-order valence-electron chi connectivity index (χ0n) is 21.8. The molecule has 0 aromatic carbocycles. The van der Waals surface area contributed by atoms with Crippen molar-refractivity contribution in [2.45, 2.75) is 124 Å². The molecule has 0 spiro atoms. The number of esters is 1. The largest absolute Gasteiger partial charge is 0.463 e. The van der Waals surface area contributed by atoms with Gasteiger partial charge in [0.2, 0.25) is 0 Å². The Hall–Kier alpha value is -0.950. The van der Waals surface area contributed by atoms with Crippen LogP contribution in [0.2, 0.25) is 0 Å². The van der Waals surface area contributed by atoms with E-state index in [0.717, 1.165) is 30.6 Å². The van der Waals surface area contributed by atoms with E-state index in [1.807, 2.05) is 0 Å². The van der Waals surface area contributed by atoms with Gasteiger partial charge in [-0.05, 0) is 43.9 Å². The van der Waals surface area contributed by atoms with Crippen LogP contribution in [-0.2, 0) is 9.53 Å². The second-order valence-corrected chi connectivity index (χ2v) is 10.4. The number of ether oxygens (including phenoxy) is 1. The van der Waals surface area contributed by atoms with Gasteiger partial charge in [0.1, 0.15) is 24.9 Å². The molecule has 5 atom stereocenters. The molecule has 0 radical (unpaired) electrons. The van der Waals surface area contributed by atoms with E-state index in [2.05, 4.69) is 40.7 Å². The van der Waals surface area contributed by atoms with Crippen LogP contribution in [-0.4, -0.2) is 57.9 Å². The highest BCUT2D eigenvalue weighted by Crippen LogP contribution is 2.22. The Kier molecular flexibility index (Phi) is 18.8. The molecule has 0 aromatic rings. The lowest BCUT2D eigenvalue weighted by molar-refractivity contribution is -0.152. The van der Waals surface area contributed by atoms with E-state index in [-0.39, 0.29) is 6.42 Å². The van der Waals surface area contributed by atoms with E-state index >= 15 is 0 Å². The van der Waals surface area contributed by atoms with Gasteiger partial charge in [-0.3, -0.25) is 4.79 Å². The molecule has 0 rings (SSSR count). The third-order valence-corrected chi connectivity index (χ3v) is 6.37. The number of carbonyl (C=O) groups is 1. The molecule has 0 heterocycles. The summed E-state index contributed by atoms with van der Waals surface area (Å²) in [7, 11) is 0. The summed E-state index contributed by atoms with van der Waals surface area (Å²) in [6.45, 7) is 10.3. The molecule has 0 bridgehead atoms. The standard InChI is InChI=1S/C27H52O6/c1-20(2)10-6-11-21(3)12-7-13-22(4)14-8-15-23(5)16-9-17-26(31)33-19-25(30)27(32)24(29)18-28/h16,20-22,24-25,27-30,32H,6-15,17-19H2,1-5H3/b23-16+/t21?,22?,24-,25+,27+/m1/s1. The van der Waals surface area contributed by atoms with Gasteiger partial charge in [0, 0.05) is 6.42 Å². The van der Waals surface area contributed by atoms with Crippen LogP contribution in [0.25, 0.3) is 0 Å². The summed E-state index contributed by atoms with van der Waals surface area (Å²) in [5, 5.41) is 37.2. The van der Waals surface area contributed by atoms with Crippen LogP contribution in [0.5, 0.6) is 0 Å². The summed E-state index contributed by atoms with van der Waals surface area (Å²) < 4.78 is 4.93. The normalized spacial score (nSPS) is 17.0. The number of aliphatic hydroxyl groups is 4. The van der Waals surface area contributed by atoms with Crippen LogP contribution in [0.4, 0.5) is 0 Å². The van der Waals surface area contributed by atoms with E-state index in [0.29, 0.717) is 6.42 Å². The van der Waals surface area contributed by atoms with Crippen molar-refractivity contribution < 1.29 is 30.0 Å². The fourth-order valence-electron chi connectivity index (χ4n) is 3.96. The summed E-state index contributed by atoms with van der Waals surface area (Å²) in [5.41, 5.74) is 1.27. The highest BCUT2D eigenvalue weighted by molar-refractivity contribution is 5.69. The molecule has 0 fully saturated rings. The zero-order valence-corrected chi connectivity index (χ0v) is 21.8. The van der Waals surface area contributed by atoms with Gasteiger partial charge in [-0.1, -0.05) is 84.3 Å². The van der Waals surface area contributed by atoms with Gasteiger partial charge in [0.15, 0.2) is 0 Å². The molecule has 2 unspecified atom stereocenters. The molecule has 0 aliphatic rings. The maximum atomic E-state index is 11.8. The molecule has 0 aliphatic carbocycles. The molecule has 0 amide bonds. The number of carbonyl (C=O) groups excluding carboxylic acids is 1. The second kappa shape index (κ2) is 19.4. The van der Waals surface area contributed by atoms with Crippen LogP contribution in [0, 0.1) is 17.8 Å². The highest BCUT2D eigenvalue weighted by Gasteiger charge is 2.25. The highest BCUT2D eigenvalue weighted by atomic mass is 16.5. The number of hydrogen-bond acceptors (Lipinski definition) is 6. The van der Waals surface area contributed by atoms with E-state index in [9.17, 15) is 20.1 Å². The monoisotopic (exact) mass is 472 g/mol. The molecule has 0 aromatic heterocycles.